The van der Waals surface area contributed by atoms with Crippen molar-refractivity contribution >= 4 is 17.2 Å². The van der Waals surface area contributed by atoms with Crippen molar-refractivity contribution in [3.63, 3.8) is 0 Å². The van der Waals surface area contributed by atoms with Gasteiger partial charge < -0.3 is 14.8 Å². The van der Waals surface area contributed by atoms with Gasteiger partial charge in [0.1, 0.15) is 17.4 Å². The Balaban J connectivity index is 1.36. The third-order valence-corrected chi connectivity index (χ3v) is 4.77. The smallest absolute Gasteiger partial charge is 0.226 e. The molecule has 7 heteroatoms. The second kappa shape index (κ2) is 9.50. The third kappa shape index (κ3) is 6.12. The van der Waals surface area contributed by atoms with Gasteiger partial charge in [-0.2, -0.15) is 0 Å². The van der Waals surface area contributed by atoms with Gasteiger partial charge >= 0.3 is 0 Å². The van der Waals surface area contributed by atoms with Gasteiger partial charge in [0, 0.05) is 31.6 Å². The van der Waals surface area contributed by atoms with Crippen LogP contribution < -0.4 is 10.1 Å². The molecule has 2 heterocycles. The minimum atomic E-state index is 0.00841. The minimum absolute atomic E-state index is 0.00841. The first kappa shape index (κ1) is 17.8. The van der Waals surface area contributed by atoms with Crippen LogP contribution >= 0.6 is 11.3 Å². The molecule has 3 rings (SSSR count). The van der Waals surface area contributed by atoms with E-state index >= 15 is 0 Å². The van der Waals surface area contributed by atoms with E-state index in [0.717, 1.165) is 49.3 Å². The molecular weight excluding hydrogens is 338 g/mol. The quantitative estimate of drug-likeness (QED) is 0.776. The molecule has 2 aromatic rings. The maximum absolute atomic E-state index is 12.0. The number of hydrogen-bond acceptors (Lipinski definition) is 6. The molecule has 0 spiro atoms. The molecule has 25 heavy (non-hydrogen) atoms. The van der Waals surface area contributed by atoms with Crippen LogP contribution in [0.5, 0.6) is 5.75 Å². The van der Waals surface area contributed by atoms with E-state index in [4.69, 9.17) is 9.47 Å². The molecule has 0 radical (unpaired) electrons. The lowest BCUT2D eigenvalue weighted by atomic mass is 10.3. The number of morpholine rings is 1. The fourth-order valence-corrected chi connectivity index (χ4v) is 3.27. The predicted molar refractivity (Wildman–Crippen MR) is 96.9 cm³/mol. The van der Waals surface area contributed by atoms with Crippen LogP contribution in [0, 0.1) is 0 Å². The number of hydrogen-bond donors (Lipinski definition) is 1. The Morgan fingerprint density at radius 2 is 2.08 bits per heavy atom. The zero-order chi connectivity index (χ0) is 17.3. The Hall–Kier alpha value is -1.96. The molecular formula is C18H23N3O3S. The van der Waals surface area contributed by atoms with Crippen LogP contribution in [0.4, 0.5) is 0 Å². The number of ether oxygens (including phenoxy) is 2. The highest BCUT2D eigenvalue weighted by atomic mass is 32.1. The molecule has 1 aromatic heterocycles. The van der Waals surface area contributed by atoms with Crippen LogP contribution in [0.3, 0.4) is 0 Å². The molecule has 1 aliphatic rings. The molecule has 1 fully saturated rings. The second-order valence-electron chi connectivity index (χ2n) is 5.82. The number of para-hydroxylation sites is 1. The van der Waals surface area contributed by atoms with Crippen molar-refractivity contribution in [3.8, 4) is 5.75 Å². The van der Waals surface area contributed by atoms with Crippen molar-refractivity contribution in [1.82, 2.24) is 15.2 Å². The van der Waals surface area contributed by atoms with Crippen molar-refractivity contribution in [2.75, 3.05) is 39.4 Å². The average Bonchev–Trinajstić information content (AvgIpc) is 3.09. The van der Waals surface area contributed by atoms with Gasteiger partial charge in [-0.05, 0) is 12.1 Å². The van der Waals surface area contributed by atoms with E-state index in [1.54, 1.807) is 0 Å². The number of aromatic nitrogens is 1. The lowest BCUT2D eigenvalue weighted by molar-refractivity contribution is -0.120. The van der Waals surface area contributed by atoms with Crippen LogP contribution in [0.2, 0.25) is 0 Å². The van der Waals surface area contributed by atoms with Crippen LogP contribution in [-0.4, -0.2) is 55.2 Å². The summed E-state index contributed by atoms with van der Waals surface area (Å²) in [5, 5.41) is 5.75. The van der Waals surface area contributed by atoms with E-state index < -0.39 is 0 Å². The lowest BCUT2D eigenvalue weighted by Crippen LogP contribution is -2.41. The number of thiazole rings is 1. The van der Waals surface area contributed by atoms with Gasteiger partial charge in [0.15, 0.2) is 0 Å². The zero-order valence-corrected chi connectivity index (χ0v) is 15.0. The van der Waals surface area contributed by atoms with E-state index in [1.165, 1.54) is 11.3 Å². The molecule has 1 aliphatic heterocycles. The van der Waals surface area contributed by atoms with Crippen LogP contribution in [0.15, 0.2) is 35.7 Å². The van der Waals surface area contributed by atoms with Gasteiger partial charge in [-0.25, -0.2) is 4.98 Å². The predicted octanol–water partition coefficient (Wildman–Crippen LogP) is 1.71. The molecule has 0 saturated carbocycles. The summed E-state index contributed by atoms with van der Waals surface area (Å²) in [7, 11) is 0. The van der Waals surface area contributed by atoms with E-state index in [2.05, 4.69) is 15.2 Å². The third-order valence-electron chi connectivity index (χ3n) is 3.90. The summed E-state index contributed by atoms with van der Waals surface area (Å²) < 4.78 is 11.0. The first-order valence-corrected chi connectivity index (χ1v) is 9.35. The largest absolute Gasteiger partial charge is 0.486 e. The van der Waals surface area contributed by atoms with Crippen molar-refractivity contribution in [3.05, 3.63) is 46.4 Å². The summed E-state index contributed by atoms with van der Waals surface area (Å²) in [6.45, 7) is 5.38. The minimum Gasteiger partial charge on any atom is -0.486 e. The Kier molecular flexibility index (Phi) is 6.79. The number of amides is 1. The number of benzene rings is 1. The maximum Gasteiger partial charge on any atom is 0.226 e. The molecule has 1 aromatic carbocycles. The van der Waals surface area contributed by atoms with Gasteiger partial charge in [0.2, 0.25) is 5.91 Å². The molecule has 1 N–H and O–H groups in total. The fraction of sp³-hybridized carbons (Fsp3) is 0.444. The van der Waals surface area contributed by atoms with Crippen molar-refractivity contribution in [2.45, 2.75) is 13.0 Å². The van der Waals surface area contributed by atoms with Crippen LogP contribution in [0.25, 0.3) is 0 Å². The lowest BCUT2D eigenvalue weighted by Gasteiger charge is -2.26. The summed E-state index contributed by atoms with van der Waals surface area (Å²) in [5.74, 6) is 0.828. The van der Waals surface area contributed by atoms with Crippen LogP contribution in [0.1, 0.15) is 10.7 Å². The highest BCUT2D eigenvalue weighted by Crippen LogP contribution is 2.15. The Bertz CT molecular complexity index is 657. The van der Waals surface area contributed by atoms with Crippen molar-refractivity contribution in [2.24, 2.45) is 0 Å². The van der Waals surface area contributed by atoms with Gasteiger partial charge in [0.05, 0.1) is 25.3 Å². The monoisotopic (exact) mass is 361 g/mol. The molecule has 134 valence electrons. The number of rotatable bonds is 8. The Morgan fingerprint density at radius 1 is 1.28 bits per heavy atom. The van der Waals surface area contributed by atoms with E-state index in [0.29, 0.717) is 19.6 Å². The van der Waals surface area contributed by atoms with E-state index in [1.807, 2.05) is 35.7 Å². The summed E-state index contributed by atoms with van der Waals surface area (Å²) in [5.41, 5.74) is 0.792. The molecule has 6 nitrogen and oxygen atoms in total. The summed E-state index contributed by atoms with van der Waals surface area (Å²) in [4.78, 5) is 18.8. The summed E-state index contributed by atoms with van der Waals surface area (Å²) >= 11 is 1.52. The van der Waals surface area contributed by atoms with Gasteiger partial charge in [0.25, 0.3) is 0 Å². The fourth-order valence-electron chi connectivity index (χ4n) is 2.56. The molecule has 0 atom stereocenters. The number of nitrogens with zero attached hydrogens (tertiary/aromatic N) is 2. The van der Waals surface area contributed by atoms with Crippen LogP contribution in [-0.2, 0) is 22.6 Å². The number of carbonyl (C=O) groups excluding carboxylic acids is 1. The van der Waals surface area contributed by atoms with E-state index in [9.17, 15) is 4.79 Å². The highest BCUT2D eigenvalue weighted by molar-refractivity contribution is 7.09. The normalized spacial score (nSPS) is 15.0. The number of carbonyl (C=O) groups is 1. The first-order valence-electron chi connectivity index (χ1n) is 8.47. The van der Waals surface area contributed by atoms with Gasteiger partial charge in [-0.1, -0.05) is 18.2 Å². The molecule has 0 aliphatic carbocycles. The van der Waals surface area contributed by atoms with Gasteiger partial charge in [-0.15, -0.1) is 11.3 Å². The molecule has 0 bridgehead atoms. The maximum atomic E-state index is 12.0. The molecule has 0 unspecified atom stereocenters. The van der Waals surface area contributed by atoms with Gasteiger partial charge in [-0.3, -0.25) is 9.69 Å². The SMILES string of the molecule is O=C(Cc1csc(COc2ccccc2)n1)NCCN1CCOCC1. The average molecular weight is 361 g/mol. The van der Waals surface area contributed by atoms with Crippen molar-refractivity contribution in [1.29, 1.82) is 0 Å². The molecule has 1 saturated heterocycles. The standard InChI is InChI=1S/C18H23N3O3S/c22-17(19-6-7-21-8-10-23-11-9-21)12-15-14-25-18(20-15)13-24-16-4-2-1-3-5-16/h1-5,14H,6-13H2,(H,19,22). The second-order valence-corrected chi connectivity index (χ2v) is 6.76. The topological polar surface area (TPSA) is 63.7 Å². The Morgan fingerprint density at radius 3 is 2.88 bits per heavy atom. The zero-order valence-electron chi connectivity index (χ0n) is 14.1. The summed E-state index contributed by atoms with van der Waals surface area (Å²) in [6, 6.07) is 9.65. The Labute approximate surface area is 151 Å². The highest BCUT2D eigenvalue weighted by Gasteiger charge is 2.11. The summed E-state index contributed by atoms with van der Waals surface area (Å²) in [6.07, 6.45) is 0.310. The van der Waals surface area contributed by atoms with Crippen molar-refractivity contribution < 1.29 is 14.3 Å². The van der Waals surface area contributed by atoms with E-state index in [-0.39, 0.29) is 5.91 Å². The molecule has 1 amide bonds. The number of nitrogens with one attached hydrogen (secondary N) is 1. The first-order chi connectivity index (χ1) is 12.3.